The first-order chi connectivity index (χ1) is 8.85. The van der Waals surface area contributed by atoms with Crippen LogP contribution in [-0.2, 0) is 16.4 Å². The van der Waals surface area contributed by atoms with Crippen molar-refractivity contribution in [3.63, 3.8) is 0 Å². The monoisotopic (exact) mass is 286 g/mol. The van der Waals surface area contributed by atoms with Crippen LogP contribution in [0.15, 0.2) is 0 Å². The highest BCUT2D eigenvalue weighted by molar-refractivity contribution is 7.90. The van der Waals surface area contributed by atoms with Crippen molar-refractivity contribution in [2.45, 2.75) is 39.3 Å². The van der Waals surface area contributed by atoms with Crippen LogP contribution in [0.2, 0.25) is 0 Å². The third kappa shape index (κ3) is 4.01. The quantitative estimate of drug-likeness (QED) is 0.784. The Balaban J connectivity index is 1.97. The summed E-state index contributed by atoms with van der Waals surface area (Å²) < 4.78 is 24.4. The molecule has 2 heterocycles. The predicted molar refractivity (Wildman–Crippen MR) is 73.8 cm³/mol. The first kappa shape index (κ1) is 14.5. The summed E-state index contributed by atoms with van der Waals surface area (Å²) in [4.78, 5) is 6.56. The molecule has 1 aromatic rings. The number of hydrogen-bond acceptors (Lipinski definition) is 5. The van der Waals surface area contributed by atoms with Crippen molar-refractivity contribution >= 4 is 9.84 Å². The van der Waals surface area contributed by atoms with Gasteiger partial charge in [-0.15, -0.1) is 0 Å². The van der Waals surface area contributed by atoms with Crippen molar-refractivity contribution in [2.24, 2.45) is 0 Å². The van der Waals surface area contributed by atoms with Crippen LogP contribution in [0.3, 0.4) is 0 Å². The minimum absolute atomic E-state index is 0.235. The van der Waals surface area contributed by atoms with E-state index in [0.717, 1.165) is 37.6 Å². The molecule has 1 fully saturated rings. The van der Waals surface area contributed by atoms with Gasteiger partial charge < -0.3 is 0 Å². The lowest BCUT2D eigenvalue weighted by atomic mass is 10.2. The fourth-order valence-electron chi connectivity index (χ4n) is 2.61. The zero-order chi connectivity index (χ0) is 14.0. The Hall–Kier alpha value is -0.950. The minimum atomic E-state index is -2.89. The van der Waals surface area contributed by atoms with Gasteiger partial charge in [-0.1, -0.05) is 0 Å². The number of nitrogens with zero attached hydrogens (tertiary/aromatic N) is 4. The molecule has 0 bridgehead atoms. The Morgan fingerprint density at radius 1 is 1.37 bits per heavy atom. The molecule has 1 atom stereocenters. The highest BCUT2D eigenvalue weighted by Gasteiger charge is 2.26. The Morgan fingerprint density at radius 3 is 2.68 bits per heavy atom. The molecular formula is C12H22N4O2S. The molecule has 0 spiro atoms. The van der Waals surface area contributed by atoms with Gasteiger partial charge in [0.2, 0.25) is 0 Å². The fraction of sp³-hybridized carbons (Fsp3) is 0.833. The van der Waals surface area contributed by atoms with Crippen molar-refractivity contribution in [3.8, 4) is 0 Å². The van der Waals surface area contributed by atoms with Gasteiger partial charge in [0, 0.05) is 18.8 Å². The van der Waals surface area contributed by atoms with E-state index in [2.05, 4.69) is 15.0 Å². The molecule has 1 aliphatic heterocycles. The minimum Gasteiger partial charge on any atom is -0.298 e. The number of rotatable bonds is 5. The lowest BCUT2D eigenvalue weighted by Crippen LogP contribution is -2.36. The summed E-state index contributed by atoms with van der Waals surface area (Å²) in [7, 11) is -2.89. The number of sulfone groups is 1. The zero-order valence-corrected chi connectivity index (χ0v) is 12.7. The Kier molecular flexibility index (Phi) is 4.25. The third-order valence-corrected chi connectivity index (χ3v) is 4.52. The van der Waals surface area contributed by atoms with Crippen LogP contribution in [0, 0.1) is 13.8 Å². The second-order valence-corrected chi connectivity index (χ2v) is 7.61. The summed E-state index contributed by atoms with van der Waals surface area (Å²) in [5.41, 5.74) is 0. The molecule has 2 rings (SSSR count). The first-order valence-corrected chi connectivity index (χ1v) is 8.71. The number of aromatic nitrogens is 3. The number of hydrogen-bond donors (Lipinski definition) is 0. The number of aryl methyl sites for hydroxylation is 2. The van der Waals surface area contributed by atoms with Crippen molar-refractivity contribution < 1.29 is 8.42 Å². The van der Waals surface area contributed by atoms with E-state index in [1.54, 1.807) is 0 Å². The fourth-order valence-corrected chi connectivity index (χ4v) is 3.18. The SMILES string of the molecule is Cc1nc(C)n(C[C@@H]2CCCN2CCS(C)(=O)=O)n1. The summed E-state index contributed by atoms with van der Waals surface area (Å²) in [6, 6.07) is 0.376. The number of likely N-dealkylation sites (tertiary alicyclic amines) is 1. The average molecular weight is 286 g/mol. The second kappa shape index (κ2) is 5.58. The molecule has 0 aromatic carbocycles. The van der Waals surface area contributed by atoms with Gasteiger partial charge in [-0.25, -0.2) is 18.1 Å². The zero-order valence-electron chi connectivity index (χ0n) is 11.8. The second-order valence-electron chi connectivity index (χ2n) is 5.35. The van der Waals surface area contributed by atoms with E-state index >= 15 is 0 Å². The van der Waals surface area contributed by atoms with Gasteiger partial charge in [0.1, 0.15) is 21.5 Å². The van der Waals surface area contributed by atoms with Crippen LogP contribution in [-0.4, -0.2) is 59.2 Å². The summed E-state index contributed by atoms with van der Waals surface area (Å²) in [6.45, 7) is 6.24. The molecule has 0 saturated carbocycles. The molecule has 0 radical (unpaired) electrons. The largest absolute Gasteiger partial charge is 0.298 e. The first-order valence-electron chi connectivity index (χ1n) is 6.65. The molecule has 7 heteroatoms. The van der Waals surface area contributed by atoms with Crippen molar-refractivity contribution in [2.75, 3.05) is 25.1 Å². The lowest BCUT2D eigenvalue weighted by molar-refractivity contribution is 0.237. The molecule has 19 heavy (non-hydrogen) atoms. The molecule has 0 amide bonds. The van der Waals surface area contributed by atoms with Crippen molar-refractivity contribution in [1.29, 1.82) is 0 Å². The smallest absolute Gasteiger partial charge is 0.148 e. The summed E-state index contributed by atoms with van der Waals surface area (Å²) in [5.74, 6) is 1.95. The van der Waals surface area contributed by atoms with E-state index < -0.39 is 9.84 Å². The third-order valence-electron chi connectivity index (χ3n) is 3.59. The van der Waals surface area contributed by atoms with Crippen LogP contribution in [0.1, 0.15) is 24.5 Å². The molecule has 0 unspecified atom stereocenters. The maximum absolute atomic E-state index is 11.3. The topological polar surface area (TPSA) is 68.1 Å². The van der Waals surface area contributed by atoms with Gasteiger partial charge in [-0.05, 0) is 33.2 Å². The maximum Gasteiger partial charge on any atom is 0.148 e. The molecule has 0 N–H and O–H groups in total. The van der Waals surface area contributed by atoms with Crippen molar-refractivity contribution in [1.82, 2.24) is 19.7 Å². The lowest BCUT2D eigenvalue weighted by Gasteiger charge is -2.24. The van der Waals surface area contributed by atoms with E-state index in [-0.39, 0.29) is 5.75 Å². The van der Waals surface area contributed by atoms with Crippen molar-refractivity contribution in [3.05, 3.63) is 11.6 Å². The molecule has 108 valence electrons. The van der Waals surface area contributed by atoms with E-state index in [1.165, 1.54) is 6.26 Å². The van der Waals surface area contributed by atoms with E-state index in [4.69, 9.17) is 0 Å². The maximum atomic E-state index is 11.3. The molecular weight excluding hydrogens is 264 g/mol. The molecule has 1 aromatic heterocycles. The summed E-state index contributed by atoms with van der Waals surface area (Å²) in [5, 5.41) is 4.38. The Bertz CT molecular complexity index is 538. The van der Waals surface area contributed by atoms with Crippen LogP contribution in [0.25, 0.3) is 0 Å². The molecule has 1 saturated heterocycles. The van der Waals surface area contributed by atoms with Crippen LogP contribution in [0.5, 0.6) is 0 Å². The Labute approximate surface area is 114 Å². The highest BCUT2D eigenvalue weighted by Crippen LogP contribution is 2.19. The van der Waals surface area contributed by atoms with Crippen LogP contribution < -0.4 is 0 Å². The molecule has 0 aliphatic carbocycles. The normalized spacial score (nSPS) is 21.1. The van der Waals surface area contributed by atoms with Gasteiger partial charge in [-0.3, -0.25) is 4.90 Å². The summed E-state index contributed by atoms with van der Waals surface area (Å²) in [6.07, 6.45) is 3.52. The van der Waals surface area contributed by atoms with Gasteiger partial charge in [0.05, 0.1) is 12.3 Å². The van der Waals surface area contributed by atoms with E-state index in [9.17, 15) is 8.42 Å². The standard InChI is InChI=1S/C12H22N4O2S/c1-10-13-11(2)16(14-10)9-12-5-4-6-15(12)7-8-19(3,17)18/h12H,4-9H2,1-3H3/t12-/m0/s1. The van der Waals surface area contributed by atoms with E-state index in [1.807, 2.05) is 18.5 Å². The van der Waals surface area contributed by atoms with Crippen LogP contribution >= 0.6 is 0 Å². The van der Waals surface area contributed by atoms with Gasteiger partial charge in [0.15, 0.2) is 0 Å². The van der Waals surface area contributed by atoms with Crippen LogP contribution in [0.4, 0.5) is 0 Å². The predicted octanol–water partition coefficient (Wildman–Crippen LogP) is 0.404. The van der Waals surface area contributed by atoms with Gasteiger partial charge >= 0.3 is 0 Å². The highest BCUT2D eigenvalue weighted by atomic mass is 32.2. The van der Waals surface area contributed by atoms with E-state index in [0.29, 0.717) is 12.6 Å². The average Bonchev–Trinajstić information content (AvgIpc) is 2.83. The van der Waals surface area contributed by atoms with Gasteiger partial charge in [0.25, 0.3) is 0 Å². The van der Waals surface area contributed by atoms with Gasteiger partial charge in [-0.2, -0.15) is 5.10 Å². The summed E-state index contributed by atoms with van der Waals surface area (Å²) >= 11 is 0. The molecule has 6 nitrogen and oxygen atoms in total. The molecule has 1 aliphatic rings. The Morgan fingerprint density at radius 2 is 2.11 bits per heavy atom.